The standard InChI is InChI=1S/C23H36N4O2.C6H8O7/c1-5-19(6-2)26-15-13-25(14-16-26)12-11-22(28)27-20-10-8-7-9-18(20)17-21(27)23(29)24(3)4;7-3(8)1-6(13,5(11)12)2-4(9)10/h7-10,19,21H,5-6,11-17H2,1-4H3;13H,1-2H2,(H,7,8)(H,9,10)(H,11,12). The minimum atomic E-state index is -2.74. The van der Waals surface area contributed by atoms with Gasteiger partial charge in [-0.05, 0) is 24.5 Å². The van der Waals surface area contributed by atoms with Gasteiger partial charge in [-0.3, -0.25) is 29.0 Å². The lowest BCUT2D eigenvalue weighted by molar-refractivity contribution is -0.170. The summed E-state index contributed by atoms with van der Waals surface area (Å²) in [5, 5.41) is 33.8. The maximum absolute atomic E-state index is 13.2. The van der Waals surface area contributed by atoms with Crippen LogP contribution in [0.3, 0.4) is 0 Å². The second kappa shape index (κ2) is 15.6. The van der Waals surface area contributed by atoms with E-state index in [1.54, 1.807) is 23.9 Å². The van der Waals surface area contributed by atoms with E-state index in [9.17, 15) is 24.0 Å². The average Bonchev–Trinajstić information content (AvgIpc) is 3.31. The van der Waals surface area contributed by atoms with Crippen LogP contribution in [0.1, 0.15) is 51.5 Å². The van der Waals surface area contributed by atoms with Crippen molar-refractivity contribution in [3.05, 3.63) is 29.8 Å². The minimum absolute atomic E-state index is 0.00617. The maximum Gasteiger partial charge on any atom is 0.336 e. The Bertz CT molecular complexity index is 1100. The van der Waals surface area contributed by atoms with Gasteiger partial charge in [0.2, 0.25) is 11.8 Å². The fourth-order valence-corrected chi connectivity index (χ4v) is 5.44. The highest BCUT2D eigenvalue weighted by molar-refractivity contribution is 6.03. The molecule has 0 bridgehead atoms. The van der Waals surface area contributed by atoms with Gasteiger partial charge in [0.25, 0.3) is 0 Å². The van der Waals surface area contributed by atoms with Crippen LogP contribution in [0.4, 0.5) is 5.69 Å². The lowest BCUT2D eigenvalue weighted by atomic mass is 9.96. The predicted molar refractivity (Wildman–Crippen MR) is 154 cm³/mol. The Kier molecular flexibility index (Phi) is 12.9. The number of fused-ring (bicyclic) bond motifs is 1. The maximum atomic E-state index is 13.2. The van der Waals surface area contributed by atoms with Gasteiger partial charge in [-0.15, -0.1) is 0 Å². The molecule has 0 spiro atoms. The first-order valence-electron chi connectivity index (χ1n) is 14.2. The molecule has 0 saturated carbocycles. The molecule has 0 aromatic heterocycles. The monoisotopic (exact) mass is 592 g/mol. The number of likely N-dealkylation sites (N-methyl/N-ethyl adjacent to an activating group) is 1. The molecule has 13 heteroatoms. The number of nitrogens with zero attached hydrogens (tertiary/aromatic N) is 4. The van der Waals surface area contributed by atoms with E-state index in [2.05, 4.69) is 23.6 Å². The Morgan fingerprint density at radius 3 is 1.95 bits per heavy atom. The van der Waals surface area contributed by atoms with Crippen LogP contribution < -0.4 is 4.90 Å². The van der Waals surface area contributed by atoms with E-state index in [0.29, 0.717) is 18.9 Å². The lowest BCUT2D eigenvalue weighted by Crippen LogP contribution is -2.51. The molecule has 1 saturated heterocycles. The summed E-state index contributed by atoms with van der Waals surface area (Å²) in [6.07, 6.45) is 1.17. The summed E-state index contributed by atoms with van der Waals surface area (Å²) in [5.41, 5.74) is -0.756. The third-order valence-electron chi connectivity index (χ3n) is 7.76. The molecule has 1 atom stereocenters. The minimum Gasteiger partial charge on any atom is -0.481 e. The number of carboxylic acids is 3. The predicted octanol–water partition coefficient (Wildman–Crippen LogP) is 0.980. The van der Waals surface area contributed by atoms with E-state index in [1.807, 2.05) is 24.3 Å². The first kappa shape index (κ1) is 34.7. The molecule has 234 valence electrons. The van der Waals surface area contributed by atoms with E-state index < -0.39 is 42.4 Å². The van der Waals surface area contributed by atoms with Crippen molar-refractivity contribution in [3.8, 4) is 0 Å². The van der Waals surface area contributed by atoms with Gasteiger partial charge < -0.3 is 30.2 Å². The van der Waals surface area contributed by atoms with Crippen molar-refractivity contribution in [3.63, 3.8) is 0 Å². The number of aliphatic carboxylic acids is 3. The highest BCUT2D eigenvalue weighted by atomic mass is 16.4. The smallest absolute Gasteiger partial charge is 0.336 e. The number of hydrogen-bond acceptors (Lipinski definition) is 8. The summed E-state index contributed by atoms with van der Waals surface area (Å²) in [5.74, 6) is -4.97. The Balaban J connectivity index is 0.000000401. The topological polar surface area (TPSA) is 179 Å². The number of anilines is 1. The number of rotatable bonds is 12. The number of amides is 2. The lowest BCUT2D eigenvalue weighted by Gasteiger charge is -2.39. The summed E-state index contributed by atoms with van der Waals surface area (Å²) in [7, 11) is 3.51. The SMILES string of the molecule is CCC(CC)N1CCN(CCC(=O)N2c3ccccc3CC2C(=O)N(C)C)CC1.O=C(O)CC(O)(CC(=O)O)C(=O)O. The number of para-hydroxylation sites is 1. The van der Waals surface area contributed by atoms with Gasteiger partial charge in [0, 0.05) is 71.4 Å². The van der Waals surface area contributed by atoms with Crippen LogP contribution >= 0.6 is 0 Å². The molecule has 2 amide bonds. The van der Waals surface area contributed by atoms with Crippen LogP contribution in [0.5, 0.6) is 0 Å². The summed E-state index contributed by atoms with van der Waals surface area (Å²) in [6, 6.07) is 8.17. The zero-order valence-corrected chi connectivity index (χ0v) is 24.9. The Hall–Kier alpha value is -3.55. The van der Waals surface area contributed by atoms with Gasteiger partial charge in [-0.2, -0.15) is 0 Å². The van der Waals surface area contributed by atoms with Crippen LogP contribution in [0.25, 0.3) is 0 Å². The van der Waals surface area contributed by atoms with Gasteiger partial charge in [-0.25, -0.2) is 4.79 Å². The number of benzene rings is 1. The normalized spacial score (nSPS) is 17.3. The summed E-state index contributed by atoms with van der Waals surface area (Å²) >= 11 is 0. The van der Waals surface area contributed by atoms with Gasteiger partial charge in [0.05, 0.1) is 12.8 Å². The quantitative estimate of drug-likeness (QED) is 0.272. The average molecular weight is 593 g/mol. The van der Waals surface area contributed by atoms with Crippen molar-refractivity contribution < 1.29 is 44.4 Å². The first-order valence-corrected chi connectivity index (χ1v) is 14.2. The van der Waals surface area contributed by atoms with Gasteiger partial charge >= 0.3 is 17.9 Å². The number of piperazine rings is 1. The molecule has 1 fully saturated rings. The molecular weight excluding hydrogens is 548 g/mol. The Morgan fingerprint density at radius 2 is 1.48 bits per heavy atom. The largest absolute Gasteiger partial charge is 0.481 e. The zero-order chi connectivity index (χ0) is 31.6. The van der Waals surface area contributed by atoms with Crippen molar-refractivity contribution >= 4 is 35.4 Å². The van der Waals surface area contributed by atoms with Crippen LogP contribution in [-0.2, 0) is 30.4 Å². The molecule has 1 aromatic rings. The van der Waals surface area contributed by atoms with E-state index in [1.165, 1.54) is 12.8 Å². The van der Waals surface area contributed by atoms with Crippen LogP contribution in [-0.4, -0.2) is 129 Å². The molecular formula is C29H44N4O9. The molecule has 13 nitrogen and oxygen atoms in total. The number of carbonyl (C=O) groups is 5. The molecule has 1 aromatic carbocycles. The molecule has 42 heavy (non-hydrogen) atoms. The first-order chi connectivity index (χ1) is 19.7. The molecule has 0 radical (unpaired) electrons. The molecule has 0 aliphatic carbocycles. The zero-order valence-electron chi connectivity index (χ0n) is 24.9. The highest BCUT2D eigenvalue weighted by Crippen LogP contribution is 2.33. The molecule has 2 aliphatic heterocycles. The molecule has 2 heterocycles. The number of hydrogen-bond donors (Lipinski definition) is 4. The van der Waals surface area contributed by atoms with Crippen LogP contribution in [0.2, 0.25) is 0 Å². The summed E-state index contributed by atoms with van der Waals surface area (Å²) in [6.45, 7) is 9.47. The highest BCUT2D eigenvalue weighted by Gasteiger charge is 2.41. The second-order valence-corrected chi connectivity index (χ2v) is 10.9. The number of carboxylic acid groups (broad SMARTS) is 3. The van der Waals surface area contributed by atoms with Crippen LogP contribution in [0.15, 0.2) is 24.3 Å². The Labute approximate surface area is 246 Å². The third kappa shape index (κ3) is 9.23. The molecule has 1 unspecified atom stereocenters. The molecule has 4 N–H and O–H groups in total. The molecule has 2 aliphatic rings. The van der Waals surface area contributed by atoms with Crippen molar-refractivity contribution in [2.24, 2.45) is 0 Å². The van der Waals surface area contributed by atoms with E-state index >= 15 is 0 Å². The van der Waals surface area contributed by atoms with Crippen LogP contribution in [0, 0.1) is 0 Å². The summed E-state index contributed by atoms with van der Waals surface area (Å²) < 4.78 is 0. The van der Waals surface area contributed by atoms with Crippen molar-refractivity contribution in [1.82, 2.24) is 14.7 Å². The third-order valence-corrected chi connectivity index (χ3v) is 7.76. The fraction of sp³-hybridized carbons (Fsp3) is 0.621. The van der Waals surface area contributed by atoms with Crippen molar-refractivity contribution in [2.75, 3.05) is 51.7 Å². The van der Waals surface area contributed by atoms with Gasteiger partial charge in [0.1, 0.15) is 6.04 Å². The fourth-order valence-electron chi connectivity index (χ4n) is 5.44. The number of carbonyl (C=O) groups excluding carboxylic acids is 2. The number of aliphatic hydroxyl groups is 1. The van der Waals surface area contributed by atoms with Crippen molar-refractivity contribution in [2.45, 2.75) is 70.1 Å². The van der Waals surface area contributed by atoms with Crippen molar-refractivity contribution in [1.29, 1.82) is 0 Å². The van der Waals surface area contributed by atoms with E-state index in [4.69, 9.17) is 20.4 Å². The van der Waals surface area contributed by atoms with Gasteiger partial charge in [-0.1, -0.05) is 32.0 Å². The van der Waals surface area contributed by atoms with Gasteiger partial charge in [0.15, 0.2) is 5.60 Å². The Morgan fingerprint density at radius 1 is 0.929 bits per heavy atom. The van der Waals surface area contributed by atoms with E-state index in [0.717, 1.165) is 44.0 Å². The second-order valence-electron chi connectivity index (χ2n) is 10.9. The molecule has 3 rings (SSSR count). The van der Waals surface area contributed by atoms with E-state index in [-0.39, 0.29) is 11.8 Å². The summed E-state index contributed by atoms with van der Waals surface area (Å²) in [4.78, 5) is 64.7.